The predicted molar refractivity (Wildman–Crippen MR) is 107 cm³/mol. The minimum Gasteiger partial charge on any atom is -0.382 e. The van der Waals surface area contributed by atoms with Crippen molar-refractivity contribution in [1.29, 1.82) is 0 Å². The van der Waals surface area contributed by atoms with Crippen LogP contribution in [0.3, 0.4) is 0 Å². The number of nitrogen functional groups attached to an aromatic ring is 2. The molecule has 0 aliphatic carbocycles. The van der Waals surface area contributed by atoms with Gasteiger partial charge in [-0.05, 0) is 37.9 Å². The van der Waals surface area contributed by atoms with Gasteiger partial charge in [0.2, 0.25) is 5.95 Å². The number of rotatable bonds is 5. The van der Waals surface area contributed by atoms with E-state index < -0.39 is 0 Å². The molecule has 3 rings (SSSR count). The van der Waals surface area contributed by atoms with Crippen LogP contribution in [-0.2, 0) is 6.54 Å². The Labute approximate surface area is 157 Å². The van der Waals surface area contributed by atoms with E-state index in [1.54, 1.807) is 18.3 Å². The highest BCUT2D eigenvalue weighted by Crippen LogP contribution is 2.18. The topological polar surface area (TPSA) is 136 Å². The molecule has 0 saturated carbocycles. The summed E-state index contributed by atoms with van der Waals surface area (Å²) in [7, 11) is 3.85. The maximum atomic E-state index is 10.7. The molecule has 0 unspecified atom stereocenters. The lowest BCUT2D eigenvalue weighted by atomic mass is 10.2. The number of fused-ring (bicyclic) bond motifs is 1. The van der Waals surface area contributed by atoms with Gasteiger partial charge in [0, 0.05) is 18.3 Å². The van der Waals surface area contributed by atoms with E-state index in [-0.39, 0.29) is 11.8 Å². The molecule has 0 radical (unpaired) electrons. The molecule has 142 valence electrons. The Hall–Kier alpha value is -3.33. The third-order valence-electron chi connectivity index (χ3n) is 3.72. The van der Waals surface area contributed by atoms with Crippen LogP contribution in [0, 0.1) is 0 Å². The van der Waals surface area contributed by atoms with Gasteiger partial charge in [-0.15, -0.1) is 0 Å². The lowest BCUT2D eigenvalue weighted by Gasteiger charge is -2.19. The van der Waals surface area contributed by atoms with Crippen molar-refractivity contribution in [3.8, 4) is 0 Å². The number of aldehydes is 1. The molecule has 9 nitrogen and oxygen atoms in total. The lowest BCUT2D eigenvalue weighted by molar-refractivity contribution is 0.112. The van der Waals surface area contributed by atoms with Crippen LogP contribution in [0.25, 0.3) is 11.2 Å². The summed E-state index contributed by atoms with van der Waals surface area (Å²) in [6.45, 7) is 3.66. The molecule has 2 aromatic heterocycles. The average molecular weight is 368 g/mol. The molecule has 27 heavy (non-hydrogen) atoms. The molecule has 9 heteroatoms. The zero-order valence-corrected chi connectivity index (χ0v) is 15.7. The largest absolute Gasteiger partial charge is 0.382 e. The summed E-state index contributed by atoms with van der Waals surface area (Å²) in [5.41, 5.74) is 14.5. The first-order valence-electron chi connectivity index (χ1n) is 8.44. The first-order chi connectivity index (χ1) is 13.0. The maximum Gasteiger partial charge on any atom is 0.224 e. The van der Waals surface area contributed by atoms with E-state index in [9.17, 15) is 4.79 Å². The van der Waals surface area contributed by atoms with Gasteiger partial charge in [-0.2, -0.15) is 9.97 Å². The Morgan fingerprint density at radius 1 is 1.15 bits per heavy atom. The quantitative estimate of drug-likeness (QED) is 0.568. The van der Waals surface area contributed by atoms with Crippen molar-refractivity contribution in [2.75, 3.05) is 37.0 Å². The van der Waals surface area contributed by atoms with Gasteiger partial charge in [0.15, 0.2) is 17.0 Å². The van der Waals surface area contributed by atoms with E-state index in [2.05, 4.69) is 32.2 Å². The molecule has 3 aromatic rings. The summed E-state index contributed by atoms with van der Waals surface area (Å²) in [5, 5.41) is 2.93. The molecule has 0 atom stereocenters. The maximum absolute atomic E-state index is 10.7. The zero-order chi connectivity index (χ0) is 19.8. The third-order valence-corrected chi connectivity index (χ3v) is 3.72. The summed E-state index contributed by atoms with van der Waals surface area (Å²) in [5.74, 6) is 0.282. The second-order valence-electron chi connectivity index (χ2n) is 5.77. The fourth-order valence-corrected chi connectivity index (χ4v) is 2.20. The molecule has 0 saturated heterocycles. The number of hydrogen-bond donors (Lipinski definition) is 3. The molecule has 2 heterocycles. The highest BCUT2D eigenvalue weighted by Gasteiger charge is 2.09. The Morgan fingerprint density at radius 2 is 1.81 bits per heavy atom. The number of carbonyl (C=O) groups is 1. The molecule has 0 aliphatic heterocycles. The van der Waals surface area contributed by atoms with E-state index in [0.717, 1.165) is 24.2 Å². The minimum absolute atomic E-state index is 0.0736. The minimum atomic E-state index is 0.0736. The summed E-state index contributed by atoms with van der Waals surface area (Å²) >= 11 is 0. The van der Waals surface area contributed by atoms with Gasteiger partial charge in [-0.25, -0.2) is 9.97 Å². The fraction of sp³-hybridized carbons (Fsp3) is 0.278. The van der Waals surface area contributed by atoms with Crippen molar-refractivity contribution < 1.29 is 4.79 Å². The predicted octanol–water partition coefficient (Wildman–Crippen LogP) is 1.26. The van der Waals surface area contributed by atoms with E-state index in [1.165, 1.54) is 0 Å². The van der Waals surface area contributed by atoms with Crippen molar-refractivity contribution in [3.05, 3.63) is 41.7 Å². The summed E-state index contributed by atoms with van der Waals surface area (Å²) < 4.78 is 0. The molecule has 1 aromatic carbocycles. The van der Waals surface area contributed by atoms with Gasteiger partial charge in [0.1, 0.15) is 6.29 Å². The number of nitrogens with zero attached hydrogens (tertiary/aromatic N) is 5. The van der Waals surface area contributed by atoms with Gasteiger partial charge < -0.3 is 21.7 Å². The first-order valence-corrected chi connectivity index (χ1v) is 8.44. The number of hydrogen-bond acceptors (Lipinski definition) is 9. The van der Waals surface area contributed by atoms with Gasteiger partial charge in [0.25, 0.3) is 0 Å². The Morgan fingerprint density at radius 3 is 2.41 bits per heavy atom. The van der Waals surface area contributed by atoms with E-state index >= 15 is 0 Å². The van der Waals surface area contributed by atoms with Crippen molar-refractivity contribution in [3.63, 3.8) is 0 Å². The van der Waals surface area contributed by atoms with Crippen LogP contribution in [0.1, 0.15) is 23.0 Å². The Kier molecular flexibility index (Phi) is 6.95. The second kappa shape index (κ2) is 9.39. The number of benzene rings is 1. The smallest absolute Gasteiger partial charge is 0.224 e. The number of nitrogens with two attached hydrogens (primary N) is 2. The van der Waals surface area contributed by atoms with Crippen molar-refractivity contribution in [2.45, 2.75) is 13.5 Å². The van der Waals surface area contributed by atoms with Crippen LogP contribution >= 0.6 is 0 Å². The van der Waals surface area contributed by atoms with Crippen LogP contribution in [0.2, 0.25) is 0 Å². The number of carbonyl (C=O) groups excluding carboxylic acids is 1. The standard InChI is InChI=1S/C15H15N7O.C3H9N/c1-22(11-4-2-9(8-23)3-5-11)7-10-6-18-14-12(19-10)13(16)20-15(17)21-14;1-3-4-2/h2-6,8H,7H2,1H3,(H4,16,17,18,20,21);4H,3H2,1-2H3. The van der Waals surface area contributed by atoms with Gasteiger partial charge in [0.05, 0.1) is 18.4 Å². The van der Waals surface area contributed by atoms with Crippen molar-refractivity contribution in [2.24, 2.45) is 0 Å². The summed E-state index contributed by atoms with van der Waals surface area (Å²) in [6, 6.07) is 7.27. The molecule has 0 fully saturated rings. The zero-order valence-electron chi connectivity index (χ0n) is 15.7. The molecular formula is C18H24N8O. The molecule has 0 aliphatic rings. The monoisotopic (exact) mass is 368 g/mol. The average Bonchev–Trinajstić information content (AvgIpc) is 2.68. The molecular weight excluding hydrogens is 344 g/mol. The molecule has 0 spiro atoms. The van der Waals surface area contributed by atoms with Crippen LogP contribution in [0.15, 0.2) is 30.5 Å². The van der Waals surface area contributed by atoms with Crippen LogP contribution in [-0.4, -0.2) is 46.9 Å². The van der Waals surface area contributed by atoms with Crippen LogP contribution in [0.5, 0.6) is 0 Å². The lowest BCUT2D eigenvalue weighted by Crippen LogP contribution is -2.17. The first kappa shape index (κ1) is 20.0. The number of anilines is 3. The third kappa shape index (κ3) is 5.32. The van der Waals surface area contributed by atoms with Gasteiger partial charge >= 0.3 is 0 Å². The Balaban J connectivity index is 0.000000596. The van der Waals surface area contributed by atoms with Gasteiger partial charge in [-0.3, -0.25) is 4.79 Å². The normalized spacial score (nSPS) is 10.2. The van der Waals surface area contributed by atoms with Crippen LogP contribution < -0.4 is 21.7 Å². The highest BCUT2D eigenvalue weighted by atomic mass is 16.1. The van der Waals surface area contributed by atoms with E-state index in [0.29, 0.717) is 23.3 Å². The fourth-order valence-electron chi connectivity index (χ4n) is 2.20. The SMILES string of the molecule is CCNC.CN(Cc1cnc2nc(N)nc(N)c2n1)c1ccc(C=O)cc1. The summed E-state index contributed by atoms with van der Waals surface area (Å²) in [6.07, 6.45) is 2.44. The molecule has 0 amide bonds. The molecule has 0 bridgehead atoms. The second-order valence-corrected chi connectivity index (χ2v) is 5.77. The molecule has 5 N–H and O–H groups in total. The number of aromatic nitrogens is 4. The van der Waals surface area contributed by atoms with E-state index in [4.69, 9.17) is 11.5 Å². The number of nitrogens with one attached hydrogen (secondary N) is 1. The van der Waals surface area contributed by atoms with Crippen molar-refractivity contribution >= 4 is 34.9 Å². The van der Waals surface area contributed by atoms with E-state index in [1.807, 2.05) is 31.1 Å². The summed E-state index contributed by atoms with van der Waals surface area (Å²) in [4.78, 5) is 29.3. The Bertz CT molecular complexity index is 896. The van der Waals surface area contributed by atoms with Gasteiger partial charge in [-0.1, -0.05) is 6.92 Å². The highest BCUT2D eigenvalue weighted by molar-refractivity contribution is 5.81. The van der Waals surface area contributed by atoms with Crippen LogP contribution in [0.4, 0.5) is 17.5 Å². The van der Waals surface area contributed by atoms with Crippen molar-refractivity contribution in [1.82, 2.24) is 25.3 Å².